The fourth-order valence-corrected chi connectivity index (χ4v) is 4.07. The van der Waals surface area contributed by atoms with Gasteiger partial charge in [0.1, 0.15) is 0 Å². The third-order valence-electron chi connectivity index (χ3n) is 3.99. The first kappa shape index (κ1) is 9.51. The molecule has 0 atom stereocenters. The molecule has 2 aliphatic rings. The van der Waals surface area contributed by atoms with Crippen molar-refractivity contribution < 1.29 is 0 Å². The summed E-state index contributed by atoms with van der Waals surface area (Å²) in [7, 11) is 0. The van der Waals surface area contributed by atoms with Gasteiger partial charge in [-0.2, -0.15) is 0 Å². The zero-order valence-corrected chi connectivity index (χ0v) is 10.4. The van der Waals surface area contributed by atoms with Gasteiger partial charge in [-0.05, 0) is 17.3 Å². The predicted octanol–water partition coefficient (Wildman–Crippen LogP) is 4.28. The minimum absolute atomic E-state index is 0.291. The van der Waals surface area contributed by atoms with Crippen molar-refractivity contribution in [2.75, 3.05) is 0 Å². The van der Waals surface area contributed by atoms with Crippen molar-refractivity contribution in [2.45, 2.75) is 34.1 Å². The van der Waals surface area contributed by atoms with Crippen molar-refractivity contribution in [1.29, 1.82) is 0 Å². The van der Waals surface area contributed by atoms with Gasteiger partial charge in [-0.25, -0.2) is 0 Å². The molecule has 0 bridgehead atoms. The molecule has 0 radical (unpaired) electrons. The van der Waals surface area contributed by atoms with Gasteiger partial charge in [0.15, 0.2) is 0 Å². The summed E-state index contributed by atoms with van der Waals surface area (Å²) in [4.78, 5) is 0. The van der Waals surface area contributed by atoms with Crippen molar-refractivity contribution in [3.05, 3.63) is 22.7 Å². The first-order chi connectivity index (χ1) is 5.81. The molecular formula is C12H17Br. The van der Waals surface area contributed by atoms with Crippen molar-refractivity contribution in [1.82, 2.24) is 0 Å². The second-order valence-corrected chi connectivity index (χ2v) is 6.59. The molecule has 0 unspecified atom stereocenters. The molecule has 0 N–H and O–H groups in total. The quantitative estimate of drug-likeness (QED) is 0.593. The zero-order chi connectivity index (χ0) is 9.91. The lowest BCUT2D eigenvalue weighted by atomic mass is 9.39. The Labute approximate surface area is 89.2 Å². The van der Waals surface area contributed by atoms with Crippen molar-refractivity contribution in [3.8, 4) is 0 Å². The van der Waals surface area contributed by atoms with Crippen LogP contribution in [0.1, 0.15) is 34.1 Å². The van der Waals surface area contributed by atoms with Crippen LogP contribution in [0.5, 0.6) is 0 Å². The van der Waals surface area contributed by atoms with E-state index in [1.54, 1.807) is 0 Å². The lowest BCUT2D eigenvalue weighted by Crippen LogP contribution is -2.58. The molecule has 2 aliphatic carbocycles. The molecule has 2 rings (SSSR count). The normalized spacial score (nSPS) is 31.6. The van der Waals surface area contributed by atoms with E-state index in [0.29, 0.717) is 16.2 Å². The molecule has 0 aromatic heterocycles. The van der Waals surface area contributed by atoms with Crippen LogP contribution in [0.3, 0.4) is 0 Å². The fraction of sp³-hybridized carbons (Fsp3) is 0.667. The molecule has 72 valence electrons. The van der Waals surface area contributed by atoms with Crippen LogP contribution < -0.4 is 0 Å². The van der Waals surface area contributed by atoms with E-state index in [0.717, 1.165) is 0 Å². The molecule has 0 nitrogen and oxygen atoms in total. The monoisotopic (exact) mass is 240 g/mol. The summed E-state index contributed by atoms with van der Waals surface area (Å²) in [6.07, 6.45) is 8.26. The van der Waals surface area contributed by atoms with E-state index in [1.807, 2.05) is 0 Å². The van der Waals surface area contributed by atoms with Gasteiger partial charge in [0, 0.05) is 9.90 Å². The maximum absolute atomic E-state index is 3.57. The molecule has 0 amide bonds. The standard InChI is InChI=1S/C12H17Br/c1-10(2)8-11(3,4)12(10)6-5-9(13)7-12/h5-7H,8H2,1-4H3. The number of allylic oxidation sites excluding steroid dienone is 4. The molecule has 0 aliphatic heterocycles. The molecule has 13 heavy (non-hydrogen) atoms. The zero-order valence-electron chi connectivity index (χ0n) is 8.82. The maximum atomic E-state index is 3.57. The Morgan fingerprint density at radius 2 is 1.69 bits per heavy atom. The molecule has 0 aromatic rings. The van der Waals surface area contributed by atoms with E-state index in [9.17, 15) is 0 Å². The van der Waals surface area contributed by atoms with Crippen LogP contribution in [0.25, 0.3) is 0 Å². The average Bonchev–Trinajstić information content (AvgIpc) is 2.31. The smallest absolute Gasteiger partial charge is 0.0181 e. The van der Waals surface area contributed by atoms with Crippen LogP contribution in [0.15, 0.2) is 22.7 Å². The van der Waals surface area contributed by atoms with Gasteiger partial charge in [0.2, 0.25) is 0 Å². The van der Waals surface area contributed by atoms with E-state index < -0.39 is 0 Å². The molecule has 0 aromatic carbocycles. The Hall–Kier alpha value is -0.0400. The number of hydrogen-bond acceptors (Lipinski definition) is 0. The molecule has 0 saturated heterocycles. The molecule has 1 heteroatoms. The minimum Gasteiger partial charge on any atom is -0.0723 e. The highest BCUT2D eigenvalue weighted by molar-refractivity contribution is 9.11. The molecule has 1 spiro atoms. The highest BCUT2D eigenvalue weighted by atomic mass is 79.9. The van der Waals surface area contributed by atoms with Gasteiger partial charge in [-0.1, -0.05) is 61.9 Å². The van der Waals surface area contributed by atoms with Crippen LogP contribution in [-0.2, 0) is 0 Å². The van der Waals surface area contributed by atoms with E-state index in [-0.39, 0.29) is 0 Å². The average molecular weight is 241 g/mol. The second-order valence-electron chi connectivity index (χ2n) is 5.68. The van der Waals surface area contributed by atoms with Crippen molar-refractivity contribution >= 4 is 15.9 Å². The summed E-state index contributed by atoms with van der Waals surface area (Å²) in [6.45, 7) is 9.46. The predicted molar refractivity (Wildman–Crippen MR) is 60.8 cm³/mol. The van der Waals surface area contributed by atoms with E-state index in [2.05, 4.69) is 61.9 Å². The van der Waals surface area contributed by atoms with Crippen molar-refractivity contribution in [3.63, 3.8) is 0 Å². The fourth-order valence-electron chi connectivity index (χ4n) is 3.57. The SMILES string of the molecule is CC1(C)CC(C)(C)C12C=CC(Br)=C2. The lowest BCUT2D eigenvalue weighted by Gasteiger charge is -2.65. The summed E-state index contributed by atoms with van der Waals surface area (Å²) < 4.78 is 1.24. The highest BCUT2D eigenvalue weighted by Gasteiger charge is 2.63. The van der Waals surface area contributed by atoms with E-state index >= 15 is 0 Å². The number of rotatable bonds is 0. The van der Waals surface area contributed by atoms with Gasteiger partial charge in [0.05, 0.1) is 0 Å². The Balaban J connectivity index is 2.47. The first-order valence-electron chi connectivity index (χ1n) is 4.88. The van der Waals surface area contributed by atoms with Gasteiger partial charge >= 0.3 is 0 Å². The van der Waals surface area contributed by atoms with Gasteiger partial charge in [-0.15, -0.1) is 0 Å². The summed E-state index contributed by atoms with van der Waals surface area (Å²) in [5, 5.41) is 0. The maximum Gasteiger partial charge on any atom is 0.0181 e. The second kappa shape index (κ2) is 2.31. The molecular weight excluding hydrogens is 224 g/mol. The highest BCUT2D eigenvalue weighted by Crippen LogP contribution is 2.71. The van der Waals surface area contributed by atoms with Crippen molar-refractivity contribution in [2.24, 2.45) is 16.2 Å². The van der Waals surface area contributed by atoms with Crippen LogP contribution in [0.2, 0.25) is 0 Å². The molecule has 0 heterocycles. The first-order valence-corrected chi connectivity index (χ1v) is 5.68. The largest absolute Gasteiger partial charge is 0.0723 e. The molecule has 1 fully saturated rings. The topological polar surface area (TPSA) is 0 Å². The Morgan fingerprint density at radius 3 is 1.92 bits per heavy atom. The lowest BCUT2D eigenvalue weighted by molar-refractivity contribution is -0.109. The van der Waals surface area contributed by atoms with Crippen LogP contribution >= 0.6 is 15.9 Å². The number of hydrogen-bond donors (Lipinski definition) is 0. The third-order valence-corrected chi connectivity index (χ3v) is 4.49. The molecule has 1 saturated carbocycles. The third kappa shape index (κ3) is 0.971. The Bertz CT molecular complexity index is 291. The Morgan fingerprint density at radius 1 is 1.15 bits per heavy atom. The minimum atomic E-state index is 0.291. The summed E-state index contributed by atoms with van der Waals surface area (Å²) in [6, 6.07) is 0. The van der Waals surface area contributed by atoms with Gasteiger partial charge in [0.25, 0.3) is 0 Å². The summed E-state index contributed by atoms with van der Waals surface area (Å²) in [5.41, 5.74) is 1.13. The number of halogens is 1. The Kier molecular flexibility index (Phi) is 1.69. The van der Waals surface area contributed by atoms with Crippen LogP contribution in [0, 0.1) is 16.2 Å². The van der Waals surface area contributed by atoms with Gasteiger partial charge < -0.3 is 0 Å². The van der Waals surface area contributed by atoms with Crippen LogP contribution in [0.4, 0.5) is 0 Å². The summed E-state index contributed by atoms with van der Waals surface area (Å²) in [5.74, 6) is 0. The van der Waals surface area contributed by atoms with Gasteiger partial charge in [-0.3, -0.25) is 0 Å². The van der Waals surface area contributed by atoms with E-state index in [1.165, 1.54) is 10.9 Å². The van der Waals surface area contributed by atoms with E-state index in [4.69, 9.17) is 0 Å². The summed E-state index contributed by atoms with van der Waals surface area (Å²) >= 11 is 3.57. The van der Waals surface area contributed by atoms with Crippen LogP contribution in [-0.4, -0.2) is 0 Å².